The molecular formula is C15H9F3N2O2. The van der Waals surface area contributed by atoms with Crippen LogP contribution in [0.5, 0.6) is 5.75 Å². The monoisotopic (exact) mass is 306 g/mol. The first-order valence-corrected chi connectivity index (χ1v) is 6.27. The fraction of sp³-hybridized carbons (Fsp3) is 0.0667. The fourth-order valence-corrected chi connectivity index (χ4v) is 1.86. The van der Waals surface area contributed by atoms with Gasteiger partial charge >= 0.3 is 6.61 Å². The quantitative estimate of drug-likeness (QED) is 0.726. The Hall–Kier alpha value is -2.83. The van der Waals surface area contributed by atoms with E-state index in [0.717, 1.165) is 0 Å². The minimum atomic E-state index is -2.91. The number of hydrogen-bond acceptors (Lipinski definition) is 4. The molecule has 0 aliphatic carbocycles. The third-order valence-electron chi connectivity index (χ3n) is 2.83. The van der Waals surface area contributed by atoms with Gasteiger partial charge in [0.1, 0.15) is 11.6 Å². The van der Waals surface area contributed by atoms with E-state index in [1.165, 1.54) is 42.5 Å². The summed E-state index contributed by atoms with van der Waals surface area (Å²) in [5.74, 6) is 0.0487. The summed E-state index contributed by atoms with van der Waals surface area (Å²) < 4.78 is 46.7. The largest absolute Gasteiger partial charge is 0.435 e. The fourth-order valence-electron chi connectivity index (χ4n) is 1.86. The summed E-state index contributed by atoms with van der Waals surface area (Å²) in [4.78, 5) is 4.16. The highest BCUT2D eigenvalue weighted by molar-refractivity contribution is 5.60. The molecule has 0 amide bonds. The Morgan fingerprint density at radius 3 is 2.50 bits per heavy atom. The Morgan fingerprint density at radius 2 is 1.77 bits per heavy atom. The number of ether oxygens (including phenoxy) is 1. The van der Waals surface area contributed by atoms with Gasteiger partial charge in [-0.25, -0.2) is 4.39 Å². The van der Waals surface area contributed by atoms with Crippen molar-refractivity contribution in [3.05, 3.63) is 54.3 Å². The maximum absolute atomic E-state index is 12.9. The van der Waals surface area contributed by atoms with E-state index in [4.69, 9.17) is 4.52 Å². The van der Waals surface area contributed by atoms with Crippen LogP contribution in [0.1, 0.15) is 0 Å². The molecule has 2 aromatic carbocycles. The van der Waals surface area contributed by atoms with E-state index in [1.807, 2.05) is 0 Å². The van der Waals surface area contributed by atoms with Crippen LogP contribution in [0.15, 0.2) is 53.1 Å². The van der Waals surface area contributed by atoms with E-state index in [-0.39, 0.29) is 23.3 Å². The van der Waals surface area contributed by atoms with Gasteiger partial charge in [-0.15, -0.1) is 0 Å². The van der Waals surface area contributed by atoms with Crippen LogP contribution in [0.4, 0.5) is 13.2 Å². The minimum absolute atomic E-state index is 0.00553. The van der Waals surface area contributed by atoms with Gasteiger partial charge in [-0.1, -0.05) is 11.2 Å². The van der Waals surface area contributed by atoms with Crippen molar-refractivity contribution in [3.8, 4) is 28.6 Å². The van der Waals surface area contributed by atoms with Gasteiger partial charge in [-0.2, -0.15) is 13.8 Å². The third kappa shape index (κ3) is 3.08. The average Bonchev–Trinajstić information content (AvgIpc) is 2.97. The van der Waals surface area contributed by atoms with Crippen LogP contribution in [0.3, 0.4) is 0 Å². The van der Waals surface area contributed by atoms with E-state index in [1.54, 1.807) is 6.07 Å². The standard InChI is InChI=1S/C15H9F3N2O2/c16-11-6-4-9(5-7-11)13-19-14(22-20-13)10-2-1-3-12(8-10)21-15(17)18/h1-8,15H. The predicted molar refractivity (Wildman–Crippen MR) is 71.8 cm³/mol. The topological polar surface area (TPSA) is 48.2 Å². The van der Waals surface area contributed by atoms with E-state index < -0.39 is 6.61 Å². The summed E-state index contributed by atoms with van der Waals surface area (Å²) in [6.45, 7) is -2.91. The van der Waals surface area contributed by atoms with E-state index in [2.05, 4.69) is 14.9 Å². The summed E-state index contributed by atoms with van der Waals surface area (Å²) in [5.41, 5.74) is 1.02. The number of hydrogen-bond donors (Lipinski definition) is 0. The Bertz CT molecular complexity index is 772. The van der Waals surface area contributed by atoms with Gasteiger partial charge < -0.3 is 9.26 Å². The minimum Gasteiger partial charge on any atom is -0.435 e. The highest BCUT2D eigenvalue weighted by Gasteiger charge is 2.12. The average molecular weight is 306 g/mol. The number of nitrogens with zero attached hydrogens (tertiary/aromatic N) is 2. The van der Waals surface area contributed by atoms with Gasteiger partial charge in [-0.05, 0) is 42.5 Å². The van der Waals surface area contributed by atoms with Crippen molar-refractivity contribution < 1.29 is 22.4 Å². The first-order chi connectivity index (χ1) is 10.6. The van der Waals surface area contributed by atoms with Gasteiger partial charge in [0.05, 0.1) is 0 Å². The molecule has 0 radical (unpaired) electrons. The van der Waals surface area contributed by atoms with Crippen LogP contribution in [-0.4, -0.2) is 16.8 Å². The highest BCUT2D eigenvalue weighted by atomic mass is 19.3. The van der Waals surface area contributed by atoms with Crippen molar-refractivity contribution in [3.63, 3.8) is 0 Å². The second kappa shape index (κ2) is 5.88. The molecule has 0 bridgehead atoms. The lowest BCUT2D eigenvalue weighted by atomic mass is 10.2. The lowest BCUT2D eigenvalue weighted by molar-refractivity contribution is -0.0498. The van der Waals surface area contributed by atoms with Crippen LogP contribution < -0.4 is 4.74 Å². The number of aromatic nitrogens is 2. The molecule has 112 valence electrons. The van der Waals surface area contributed by atoms with Crippen molar-refractivity contribution in [1.82, 2.24) is 10.1 Å². The summed E-state index contributed by atoms with van der Waals surface area (Å²) in [6, 6.07) is 11.5. The zero-order valence-electron chi connectivity index (χ0n) is 11.0. The maximum atomic E-state index is 12.9. The van der Waals surface area contributed by atoms with Crippen molar-refractivity contribution in [2.24, 2.45) is 0 Å². The molecule has 7 heteroatoms. The van der Waals surface area contributed by atoms with Gasteiger partial charge in [0.25, 0.3) is 5.89 Å². The zero-order valence-corrected chi connectivity index (χ0v) is 11.0. The lowest BCUT2D eigenvalue weighted by Gasteiger charge is -2.04. The Morgan fingerprint density at radius 1 is 1.00 bits per heavy atom. The van der Waals surface area contributed by atoms with Gasteiger partial charge in [0.15, 0.2) is 0 Å². The van der Waals surface area contributed by atoms with Crippen LogP contribution in [-0.2, 0) is 0 Å². The molecule has 0 spiro atoms. The second-order valence-corrected chi connectivity index (χ2v) is 4.34. The Labute approximate surface area is 123 Å². The van der Waals surface area contributed by atoms with Crippen molar-refractivity contribution in [1.29, 1.82) is 0 Å². The van der Waals surface area contributed by atoms with E-state index in [9.17, 15) is 13.2 Å². The molecule has 0 unspecified atom stereocenters. The number of halogens is 3. The SMILES string of the molecule is Fc1ccc(-c2noc(-c3cccc(OC(F)F)c3)n2)cc1. The lowest BCUT2D eigenvalue weighted by Crippen LogP contribution is -2.01. The van der Waals surface area contributed by atoms with Crippen molar-refractivity contribution >= 4 is 0 Å². The molecule has 3 aromatic rings. The molecular weight excluding hydrogens is 297 g/mol. The summed E-state index contributed by atoms with van der Waals surface area (Å²) in [7, 11) is 0. The second-order valence-electron chi connectivity index (χ2n) is 4.34. The summed E-state index contributed by atoms with van der Waals surface area (Å²) >= 11 is 0. The number of alkyl halides is 2. The van der Waals surface area contributed by atoms with Gasteiger partial charge in [0.2, 0.25) is 5.82 Å². The molecule has 22 heavy (non-hydrogen) atoms. The molecule has 0 saturated carbocycles. The smallest absolute Gasteiger partial charge is 0.387 e. The first kappa shape index (κ1) is 14.1. The highest BCUT2D eigenvalue weighted by Crippen LogP contribution is 2.26. The zero-order chi connectivity index (χ0) is 15.5. The van der Waals surface area contributed by atoms with Crippen LogP contribution in [0.25, 0.3) is 22.8 Å². The molecule has 4 nitrogen and oxygen atoms in total. The number of rotatable bonds is 4. The Kier molecular flexibility index (Phi) is 3.78. The van der Waals surface area contributed by atoms with E-state index in [0.29, 0.717) is 11.1 Å². The van der Waals surface area contributed by atoms with Crippen molar-refractivity contribution in [2.75, 3.05) is 0 Å². The van der Waals surface area contributed by atoms with Gasteiger partial charge in [-0.3, -0.25) is 0 Å². The molecule has 0 saturated heterocycles. The first-order valence-electron chi connectivity index (χ1n) is 6.27. The summed E-state index contributed by atoms with van der Waals surface area (Å²) in [5, 5.41) is 3.79. The van der Waals surface area contributed by atoms with Gasteiger partial charge in [0, 0.05) is 11.1 Å². The van der Waals surface area contributed by atoms with Crippen molar-refractivity contribution in [2.45, 2.75) is 6.61 Å². The predicted octanol–water partition coefficient (Wildman–Crippen LogP) is 4.14. The Balaban J connectivity index is 1.89. The molecule has 1 heterocycles. The molecule has 1 aromatic heterocycles. The normalized spacial score (nSPS) is 10.9. The van der Waals surface area contributed by atoms with Crippen LogP contribution in [0, 0.1) is 5.82 Å². The molecule has 0 N–H and O–H groups in total. The maximum Gasteiger partial charge on any atom is 0.387 e. The van der Waals surface area contributed by atoms with E-state index >= 15 is 0 Å². The molecule has 0 fully saturated rings. The summed E-state index contributed by atoms with van der Waals surface area (Å²) in [6.07, 6.45) is 0. The van der Waals surface area contributed by atoms with Crippen LogP contribution in [0.2, 0.25) is 0 Å². The molecule has 0 atom stereocenters. The third-order valence-corrected chi connectivity index (χ3v) is 2.83. The van der Waals surface area contributed by atoms with Crippen LogP contribution >= 0.6 is 0 Å². The molecule has 0 aliphatic rings. The molecule has 0 aliphatic heterocycles. The number of benzene rings is 2. The molecule has 3 rings (SSSR count).